The lowest BCUT2D eigenvalue weighted by Crippen LogP contribution is -2.42. The second kappa shape index (κ2) is 7.83. The second-order valence-corrected chi connectivity index (χ2v) is 7.40. The predicted octanol–water partition coefficient (Wildman–Crippen LogP) is 2.05. The van der Waals surface area contributed by atoms with E-state index in [0.29, 0.717) is 23.0 Å². The molecule has 0 fully saturated rings. The van der Waals surface area contributed by atoms with Crippen molar-refractivity contribution in [1.29, 1.82) is 0 Å². The number of hydrogen-bond donors (Lipinski definition) is 2. The zero-order valence-corrected chi connectivity index (χ0v) is 16.3. The fourth-order valence-electron chi connectivity index (χ4n) is 3.38. The van der Waals surface area contributed by atoms with Crippen LogP contribution in [0.4, 0.5) is 0 Å². The second-order valence-electron chi connectivity index (χ2n) is 7.40. The number of H-pyrrole nitrogens is 1. The van der Waals surface area contributed by atoms with Crippen LogP contribution in [0.3, 0.4) is 0 Å². The lowest BCUT2D eigenvalue weighted by molar-refractivity contribution is -0.121. The number of nitrogens with zero attached hydrogens (tertiary/aromatic N) is 4. The smallest absolute Gasteiger partial charge is 0.272 e. The van der Waals surface area contributed by atoms with Gasteiger partial charge in [-0.15, -0.1) is 5.10 Å². The number of aromatic nitrogens is 5. The molecule has 0 radical (unpaired) electrons. The van der Waals surface area contributed by atoms with Crippen molar-refractivity contribution in [2.75, 3.05) is 0 Å². The van der Waals surface area contributed by atoms with E-state index in [2.05, 4.69) is 39.7 Å². The first-order chi connectivity index (χ1) is 14.0. The highest BCUT2D eigenvalue weighted by Gasteiger charge is 2.20. The predicted molar refractivity (Wildman–Crippen MR) is 110 cm³/mol. The fourth-order valence-corrected chi connectivity index (χ4v) is 3.38. The summed E-state index contributed by atoms with van der Waals surface area (Å²) in [5, 5.41) is 19.3. The van der Waals surface area contributed by atoms with Crippen LogP contribution in [0.25, 0.3) is 21.8 Å². The summed E-state index contributed by atoms with van der Waals surface area (Å²) >= 11 is 0. The lowest BCUT2D eigenvalue weighted by atomic mass is 10.0. The highest BCUT2D eigenvalue weighted by Crippen LogP contribution is 2.15. The quantitative estimate of drug-likeness (QED) is 0.524. The number of carbonyl (C=O) groups excluding carboxylic acids is 1. The van der Waals surface area contributed by atoms with Crippen LogP contribution >= 0.6 is 0 Å². The van der Waals surface area contributed by atoms with Crippen LogP contribution in [0.1, 0.15) is 19.5 Å². The van der Waals surface area contributed by atoms with Gasteiger partial charge >= 0.3 is 0 Å². The van der Waals surface area contributed by atoms with Crippen molar-refractivity contribution in [3.8, 4) is 0 Å². The number of nitrogens with one attached hydrogen (secondary N) is 2. The van der Waals surface area contributed by atoms with Crippen molar-refractivity contribution in [2.45, 2.75) is 32.9 Å². The largest absolute Gasteiger partial charge is 0.351 e. The van der Waals surface area contributed by atoms with Crippen molar-refractivity contribution in [3.05, 3.63) is 64.6 Å². The summed E-state index contributed by atoms with van der Waals surface area (Å²) < 4.78 is 1.81. The summed E-state index contributed by atoms with van der Waals surface area (Å²) in [6.45, 7) is 4.62. The van der Waals surface area contributed by atoms with Crippen LogP contribution in [-0.2, 0) is 17.8 Å². The molecule has 8 heteroatoms. The minimum absolute atomic E-state index is 0.0820. The van der Waals surface area contributed by atoms with Gasteiger partial charge in [-0.25, -0.2) is 9.78 Å². The normalized spacial score (nSPS) is 12.5. The Morgan fingerprint density at radius 2 is 1.83 bits per heavy atom. The summed E-state index contributed by atoms with van der Waals surface area (Å²) in [4.78, 5) is 24.7. The lowest BCUT2D eigenvalue weighted by Gasteiger charge is -2.22. The van der Waals surface area contributed by atoms with Gasteiger partial charge in [0.1, 0.15) is 5.52 Å². The molecule has 8 nitrogen and oxygen atoms in total. The number of fused-ring (bicyclic) bond motifs is 2. The number of hydrogen-bond acceptors (Lipinski definition) is 5. The van der Waals surface area contributed by atoms with Crippen molar-refractivity contribution in [1.82, 2.24) is 30.5 Å². The molecule has 4 aromatic rings. The summed E-state index contributed by atoms with van der Waals surface area (Å²) in [6.07, 6.45) is 0.0820. The molecule has 2 heterocycles. The van der Waals surface area contributed by atoms with Gasteiger partial charge in [0.05, 0.1) is 35.6 Å². The van der Waals surface area contributed by atoms with Crippen LogP contribution in [0.5, 0.6) is 0 Å². The number of aromatic amines is 1. The molecule has 0 aliphatic rings. The van der Waals surface area contributed by atoms with E-state index in [0.717, 1.165) is 11.0 Å². The van der Waals surface area contributed by atoms with Crippen molar-refractivity contribution in [3.63, 3.8) is 0 Å². The number of para-hydroxylation sites is 1. The topological polar surface area (TPSA) is 106 Å². The zero-order valence-electron chi connectivity index (χ0n) is 16.3. The Kier molecular flexibility index (Phi) is 5.07. The molecule has 1 amide bonds. The summed E-state index contributed by atoms with van der Waals surface area (Å²) in [6, 6.07) is 14.8. The molecule has 0 aliphatic carbocycles. The third-order valence-corrected chi connectivity index (χ3v) is 5.04. The highest BCUT2D eigenvalue weighted by molar-refractivity contribution is 5.88. The van der Waals surface area contributed by atoms with Crippen LogP contribution < -0.4 is 10.9 Å². The maximum Gasteiger partial charge on any atom is 0.272 e. The third-order valence-electron chi connectivity index (χ3n) is 5.04. The molecule has 0 aliphatic heterocycles. The Morgan fingerprint density at radius 3 is 2.62 bits per heavy atom. The Balaban J connectivity index is 1.53. The van der Waals surface area contributed by atoms with E-state index < -0.39 is 0 Å². The molecular formula is C21H22N6O2. The van der Waals surface area contributed by atoms with Gasteiger partial charge in [0.15, 0.2) is 0 Å². The standard InChI is InChI=1S/C21H22N6O2/c1-13(2)18(12-27-19-10-6-5-9-16(19)24-26-27)22-20(28)11-17-14-7-3-4-8-15(14)21(29)25-23-17/h3-10,13,18H,11-12H2,1-2H3,(H,22,28)(H,25,29)/t18-/m0/s1. The van der Waals surface area contributed by atoms with Gasteiger partial charge in [-0.2, -0.15) is 5.10 Å². The molecule has 1 atom stereocenters. The monoisotopic (exact) mass is 390 g/mol. The van der Waals surface area contributed by atoms with Crippen LogP contribution in [0, 0.1) is 5.92 Å². The average molecular weight is 390 g/mol. The van der Waals surface area contributed by atoms with E-state index in [1.165, 1.54) is 0 Å². The van der Waals surface area contributed by atoms with Crippen molar-refractivity contribution < 1.29 is 4.79 Å². The van der Waals surface area contributed by atoms with Gasteiger partial charge in [-0.3, -0.25) is 9.59 Å². The third kappa shape index (κ3) is 3.87. The maximum absolute atomic E-state index is 12.8. The SMILES string of the molecule is CC(C)[C@H](Cn1nnc2ccccc21)NC(=O)Cc1n[nH]c(=O)c2ccccc12. The minimum atomic E-state index is -0.261. The van der Waals surface area contributed by atoms with Gasteiger partial charge in [-0.1, -0.05) is 49.4 Å². The minimum Gasteiger partial charge on any atom is -0.351 e. The van der Waals surface area contributed by atoms with E-state index in [9.17, 15) is 9.59 Å². The van der Waals surface area contributed by atoms with Crippen molar-refractivity contribution >= 4 is 27.7 Å². The number of carbonyl (C=O) groups is 1. The zero-order chi connectivity index (χ0) is 20.4. The fraction of sp³-hybridized carbons (Fsp3) is 0.286. The average Bonchev–Trinajstić information content (AvgIpc) is 3.13. The van der Waals surface area contributed by atoms with Crippen LogP contribution in [0.2, 0.25) is 0 Å². The molecule has 0 saturated heterocycles. The van der Waals surface area contributed by atoms with Crippen LogP contribution in [0.15, 0.2) is 53.3 Å². The Morgan fingerprint density at radius 1 is 1.10 bits per heavy atom. The first-order valence-corrected chi connectivity index (χ1v) is 9.57. The molecule has 2 aromatic heterocycles. The molecule has 2 N–H and O–H groups in total. The highest BCUT2D eigenvalue weighted by atomic mass is 16.1. The van der Waals surface area contributed by atoms with E-state index in [1.54, 1.807) is 12.1 Å². The Hall–Kier alpha value is -3.55. The Bertz CT molecular complexity index is 1230. The van der Waals surface area contributed by atoms with Gasteiger partial charge in [0, 0.05) is 5.39 Å². The van der Waals surface area contributed by atoms with Crippen molar-refractivity contribution in [2.24, 2.45) is 5.92 Å². The summed E-state index contributed by atoms with van der Waals surface area (Å²) in [5.74, 6) is 0.0417. The molecule has 0 unspecified atom stereocenters. The molecule has 148 valence electrons. The number of amides is 1. The molecule has 0 saturated carbocycles. The molecule has 2 aromatic carbocycles. The Labute approximate surface area is 166 Å². The van der Waals surface area contributed by atoms with E-state index in [-0.39, 0.29) is 29.8 Å². The van der Waals surface area contributed by atoms with Crippen LogP contribution in [-0.4, -0.2) is 37.1 Å². The van der Waals surface area contributed by atoms with E-state index in [1.807, 2.05) is 41.1 Å². The van der Waals surface area contributed by atoms with Gasteiger partial charge in [0.2, 0.25) is 5.91 Å². The molecule has 4 rings (SSSR count). The first-order valence-electron chi connectivity index (χ1n) is 9.57. The van der Waals surface area contributed by atoms with E-state index >= 15 is 0 Å². The van der Waals surface area contributed by atoms with Gasteiger partial charge in [0.25, 0.3) is 5.56 Å². The molecule has 29 heavy (non-hydrogen) atoms. The number of rotatable bonds is 6. The summed E-state index contributed by atoms with van der Waals surface area (Å²) in [5.41, 5.74) is 2.04. The number of benzene rings is 2. The maximum atomic E-state index is 12.8. The van der Waals surface area contributed by atoms with Gasteiger partial charge < -0.3 is 5.32 Å². The van der Waals surface area contributed by atoms with Gasteiger partial charge in [-0.05, 0) is 24.1 Å². The molecule has 0 spiro atoms. The first kappa shape index (κ1) is 18.8. The van der Waals surface area contributed by atoms with E-state index in [4.69, 9.17) is 0 Å². The summed E-state index contributed by atoms with van der Waals surface area (Å²) in [7, 11) is 0. The molecule has 0 bridgehead atoms. The molecular weight excluding hydrogens is 368 g/mol.